The first-order chi connectivity index (χ1) is 10.1. The van der Waals surface area contributed by atoms with Crippen molar-refractivity contribution in [1.29, 1.82) is 0 Å². The molecule has 2 aromatic rings. The average Bonchev–Trinajstić information content (AvgIpc) is 2.48. The standard InChI is InChI=1S/C15H15FN2O2S/c16-12-6-8-13(9-7-12)21(19,20)18-14-5-1-3-11-4-2-10-17-15(11)14/h1,3,5-9,17-18H,2,4,10H2. The molecule has 0 aromatic heterocycles. The molecule has 1 heterocycles. The maximum atomic E-state index is 12.9. The van der Waals surface area contributed by atoms with Crippen LogP contribution in [0.2, 0.25) is 0 Å². The molecule has 110 valence electrons. The molecule has 0 aliphatic carbocycles. The lowest BCUT2D eigenvalue weighted by molar-refractivity contribution is 0.599. The summed E-state index contributed by atoms with van der Waals surface area (Å²) in [7, 11) is -3.72. The first kappa shape index (κ1) is 13.9. The molecule has 4 nitrogen and oxygen atoms in total. The Morgan fingerprint density at radius 1 is 1.10 bits per heavy atom. The zero-order valence-electron chi connectivity index (χ0n) is 11.3. The highest BCUT2D eigenvalue weighted by Crippen LogP contribution is 2.31. The second-order valence-electron chi connectivity index (χ2n) is 4.93. The van der Waals surface area contributed by atoms with Gasteiger partial charge in [-0.25, -0.2) is 12.8 Å². The van der Waals surface area contributed by atoms with Gasteiger partial charge in [0.25, 0.3) is 10.0 Å². The zero-order valence-corrected chi connectivity index (χ0v) is 12.1. The van der Waals surface area contributed by atoms with Gasteiger partial charge in [0, 0.05) is 6.54 Å². The van der Waals surface area contributed by atoms with Crippen molar-refractivity contribution < 1.29 is 12.8 Å². The summed E-state index contributed by atoms with van der Waals surface area (Å²) in [5.41, 5.74) is 2.45. The Balaban J connectivity index is 1.94. The maximum Gasteiger partial charge on any atom is 0.261 e. The van der Waals surface area contributed by atoms with E-state index in [2.05, 4.69) is 10.0 Å². The topological polar surface area (TPSA) is 58.2 Å². The molecule has 3 rings (SSSR count). The fourth-order valence-corrected chi connectivity index (χ4v) is 3.48. The lowest BCUT2D eigenvalue weighted by Crippen LogP contribution is -2.18. The van der Waals surface area contributed by atoms with Crippen molar-refractivity contribution >= 4 is 21.4 Å². The van der Waals surface area contributed by atoms with E-state index >= 15 is 0 Å². The highest BCUT2D eigenvalue weighted by atomic mass is 32.2. The van der Waals surface area contributed by atoms with Gasteiger partial charge < -0.3 is 5.32 Å². The fraction of sp³-hybridized carbons (Fsp3) is 0.200. The molecule has 0 atom stereocenters. The minimum atomic E-state index is -3.72. The van der Waals surface area contributed by atoms with Crippen LogP contribution in [0.25, 0.3) is 0 Å². The van der Waals surface area contributed by atoms with Gasteiger partial charge in [0.15, 0.2) is 0 Å². The second kappa shape index (κ2) is 5.37. The van der Waals surface area contributed by atoms with Crippen LogP contribution in [0.5, 0.6) is 0 Å². The summed E-state index contributed by atoms with van der Waals surface area (Å²) >= 11 is 0. The van der Waals surface area contributed by atoms with Gasteiger partial charge in [0.2, 0.25) is 0 Å². The van der Waals surface area contributed by atoms with Crippen molar-refractivity contribution in [2.45, 2.75) is 17.7 Å². The average molecular weight is 306 g/mol. The number of halogens is 1. The van der Waals surface area contributed by atoms with Crippen LogP contribution in [-0.2, 0) is 16.4 Å². The van der Waals surface area contributed by atoms with Crippen LogP contribution in [-0.4, -0.2) is 15.0 Å². The van der Waals surface area contributed by atoms with Crippen LogP contribution in [0.4, 0.5) is 15.8 Å². The lowest BCUT2D eigenvalue weighted by atomic mass is 10.0. The number of benzene rings is 2. The Morgan fingerprint density at radius 2 is 1.86 bits per heavy atom. The van der Waals surface area contributed by atoms with E-state index in [0.29, 0.717) is 5.69 Å². The molecule has 2 N–H and O–H groups in total. The second-order valence-corrected chi connectivity index (χ2v) is 6.61. The molecule has 0 amide bonds. The smallest absolute Gasteiger partial charge is 0.261 e. The molecule has 0 unspecified atom stereocenters. The van der Waals surface area contributed by atoms with E-state index in [-0.39, 0.29) is 4.90 Å². The third-order valence-corrected chi connectivity index (χ3v) is 4.83. The fourth-order valence-electron chi connectivity index (χ4n) is 2.41. The molecule has 21 heavy (non-hydrogen) atoms. The molecule has 0 bridgehead atoms. The van der Waals surface area contributed by atoms with Gasteiger partial charge in [0.05, 0.1) is 16.3 Å². The van der Waals surface area contributed by atoms with E-state index in [0.717, 1.165) is 42.8 Å². The summed E-state index contributed by atoms with van der Waals surface area (Å²) < 4.78 is 40.1. The van der Waals surface area contributed by atoms with Crippen LogP contribution in [0.1, 0.15) is 12.0 Å². The van der Waals surface area contributed by atoms with Gasteiger partial charge in [-0.1, -0.05) is 12.1 Å². The highest BCUT2D eigenvalue weighted by molar-refractivity contribution is 7.92. The number of para-hydroxylation sites is 1. The Hall–Kier alpha value is -2.08. The van der Waals surface area contributed by atoms with Gasteiger partial charge in [0.1, 0.15) is 5.82 Å². The van der Waals surface area contributed by atoms with Crippen molar-refractivity contribution in [2.75, 3.05) is 16.6 Å². The van der Waals surface area contributed by atoms with Gasteiger partial charge >= 0.3 is 0 Å². The van der Waals surface area contributed by atoms with E-state index in [1.165, 1.54) is 12.1 Å². The summed E-state index contributed by atoms with van der Waals surface area (Å²) in [6.07, 6.45) is 1.95. The highest BCUT2D eigenvalue weighted by Gasteiger charge is 2.18. The largest absolute Gasteiger partial charge is 0.383 e. The van der Waals surface area contributed by atoms with Gasteiger partial charge in [-0.2, -0.15) is 0 Å². The van der Waals surface area contributed by atoms with Gasteiger partial charge in [-0.05, 0) is 48.7 Å². The quantitative estimate of drug-likeness (QED) is 0.916. The monoisotopic (exact) mass is 306 g/mol. The molecule has 2 aromatic carbocycles. The Morgan fingerprint density at radius 3 is 2.62 bits per heavy atom. The maximum absolute atomic E-state index is 12.9. The Kier molecular flexibility index (Phi) is 3.55. The first-order valence-electron chi connectivity index (χ1n) is 6.70. The van der Waals surface area contributed by atoms with Crippen LogP contribution in [0.15, 0.2) is 47.4 Å². The minimum absolute atomic E-state index is 0.0392. The zero-order chi connectivity index (χ0) is 14.9. The number of anilines is 2. The molecule has 1 aliphatic rings. The SMILES string of the molecule is O=S(=O)(Nc1cccc2c1NCCC2)c1ccc(F)cc1. The Labute approximate surface area is 123 Å². The molecule has 0 saturated carbocycles. The Bertz CT molecular complexity index is 758. The molecular weight excluding hydrogens is 291 g/mol. The van der Waals surface area contributed by atoms with Crippen molar-refractivity contribution in [3.05, 3.63) is 53.8 Å². The molecule has 0 fully saturated rings. The van der Waals surface area contributed by atoms with E-state index in [1.54, 1.807) is 6.07 Å². The molecule has 0 spiro atoms. The van der Waals surface area contributed by atoms with Crippen molar-refractivity contribution in [2.24, 2.45) is 0 Å². The number of nitrogens with one attached hydrogen (secondary N) is 2. The van der Waals surface area contributed by atoms with E-state index in [4.69, 9.17) is 0 Å². The van der Waals surface area contributed by atoms with Crippen LogP contribution in [0, 0.1) is 5.82 Å². The van der Waals surface area contributed by atoms with Crippen molar-refractivity contribution in [3.8, 4) is 0 Å². The molecule has 6 heteroatoms. The van der Waals surface area contributed by atoms with E-state index < -0.39 is 15.8 Å². The predicted octanol–water partition coefficient (Wildman–Crippen LogP) is 2.98. The number of hydrogen-bond donors (Lipinski definition) is 2. The molecule has 1 aliphatic heterocycles. The normalized spacial score (nSPS) is 14.1. The summed E-state index contributed by atoms with van der Waals surface area (Å²) in [5, 5.41) is 3.23. The molecular formula is C15H15FN2O2S. The number of hydrogen-bond acceptors (Lipinski definition) is 3. The number of sulfonamides is 1. The minimum Gasteiger partial charge on any atom is -0.383 e. The van der Waals surface area contributed by atoms with Crippen LogP contribution in [0.3, 0.4) is 0 Å². The molecule has 0 radical (unpaired) electrons. The third kappa shape index (κ3) is 2.85. The predicted molar refractivity (Wildman–Crippen MR) is 80.5 cm³/mol. The summed E-state index contributed by atoms with van der Waals surface area (Å²) in [5.74, 6) is -0.465. The first-order valence-corrected chi connectivity index (χ1v) is 8.19. The number of rotatable bonds is 3. The summed E-state index contributed by atoms with van der Waals surface area (Å²) in [6.45, 7) is 0.822. The molecule has 0 saturated heterocycles. The number of fused-ring (bicyclic) bond motifs is 1. The lowest BCUT2D eigenvalue weighted by Gasteiger charge is -2.21. The van der Waals surface area contributed by atoms with Crippen LogP contribution < -0.4 is 10.0 Å². The van der Waals surface area contributed by atoms with E-state index in [1.807, 2.05) is 12.1 Å². The van der Waals surface area contributed by atoms with E-state index in [9.17, 15) is 12.8 Å². The van der Waals surface area contributed by atoms with Crippen molar-refractivity contribution in [3.63, 3.8) is 0 Å². The van der Waals surface area contributed by atoms with Gasteiger partial charge in [-0.3, -0.25) is 4.72 Å². The number of aryl methyl sites for hydroxylation is 1. The third-order valence-electron chi connectivity index (χ3n) is 3.44. The van der Waals surface area contributed by atoms with Crippen molar-refractivity contribution in [1.82, 2.24) is 0 Å². The van der Waals surface area contributed by atoms with Gasteiger partial charge in [-0.15, -0.1) is 0 Å². The van der Waals surface area contributed by atoms with Crippen LogP contribution >= 0.6 is 0 Å². The summed E-state index contributed by atoms with van der Waals surface area (Å²) in [4.78, 5) is 0.0392. The summed E-state index contributed by atoms with van der Waals surface area (Å²) in [6, 6.07) is 10.3.